The van der Waals surface area contributed by atoms with Crippen LogP contribution in [0, 0.1) is 0 Å². The zero-order valence-electron chi connectivity index (χ0n) is 10.4. The summed E-state index contributed by atoms with van der Waals surface area (Å²) in [7, 11) is -3.12. The molecular formula is C11H22BrNO3S. The van der Waals surface area contributed by atoms with Crippen LogP contribution in [0.1, 0.15) is 32.6 Å². The topological polar surface area (TPSA) is 46.6 Å². The Morgan fingerprint density at radius 2 is 2.24 bits per heavy atom. The van der Waals surface area contributed by atoms with Gasteiger partial charge in [0.1, 0.15) is 0 Å². The van der Waals surface area contributed by atoms with Crippen molar-refractivity contribution in [1.82, 2.24) is 4.31 Å². The minimum Gasteiger partial charge on any atom is -0.381 e. The van der Waals surface area contributed by atoms with Crippen molar-refractivity contribution in [2.24, 2.45) is 0 Å². The molecule has 0 radical (unpaired) electrons. The van der Waals surface area contributed by atoms with Crippen LogP contribution in [0.3, 0.4) is 0 Å². The molecular weight excluding hydrogens is 306 g/mol. The highest BCUT2D eigenvalue weighted by Crippen LogP contribution is 2.25. The fraction of sp³-hybridized carbons (Fsp3) is 1.00. The Bertz CT molecular complexity index is 308. The second-order valence-electron chi connectivity index (χ2n) is 4.25. The van der Waals surface area contributed by atoms with Crippen LogP contribution in [0.4, 0.5) is 0 Å². The van der Waals surface area contributed by atoms with Crippen molar-refractivity contribution in [3.05, 3.63) is 0 Å². The molecule has 0 N–H and O–H groups in total. The predicted octanol–water partition coefficient (Wildman–Crippen LogP) is 1.99. The zero-order valence-corrected chi connectivity index (χ0v) is 12.8. The Morgan fingerprint density at radius 3 is 2.88 bits per heavy atom. The van der Waals surface area contributed by atoms with E-state index in [1.807, 2.05) is 6.92 Å². The lowest BCUT2D eigenvalue weighted by atomic mass is 10.1. The number of nitrogens with zero attached hydrogens (tertiary/aromatic N) is 1. The van der Waals surface area contributed by atoms with Crippen LogP contribution in [0.25, 0.3) is 0 Å². The highest BCUT2D eigenvalue weighted by Gasteiger charge is 2.33. The van der Waals surface area contributed by atoms with Crippen molar-refractivity contribution < 1.29 is 13.2 Å². The van der Waals surface area contributed by atoms with E-state index in [0.717, 1.165) is 31.0 Å². The first kappa shape index (κ1) is 15.4. The minimum atomic E-state index is -3.12. The molecule has 1 aliphatic rings. The van der Waals surface area contributed by atoms with Gasteiger partial charge in [0.2, 0.25) is 10.0 Å². The van der Waals surface area contributed by atoms with Crippen LogP contribution in [0.15, 0.2) is 0 Å². The van der Waals surface area contributed by atoms with Crippen LogP contribution in [-0.2, 0) is 14.8 Å². The van der Waals surface area contributed by atoms with Gasteiger partial charge in [0, 0.05) is 24.5 Å². The Balaban J connectivity index is 2.50. The lowest BCUT2D eigenvalue weighted by Gasteiger charge is -2.23. The summed E-state index contributed by atoms with van der Waals surface area (Å²) < 4.78 is 31.1. The average molecular weight is 328 g/mol. The van der Waals surface area contributed by atoms with Gasteiger partial charge in [-0.15, -0.1) is 0 Å². The molecule has 0 aliphatic carbocycles. The second kappa shape index (κ2) is 7.71. The maximum Gasteiger partial charge on any atom is 0.216 e. The zero-order chi connectivity index (χ0) is 12.7. The maximum absolute atomic E-state index is 12.1. The summed E-state index contributed by atoms with van der Waals surface area (Å²) in [6.45, 7) is 3.44. The summed E-state index contributed by atoms with van der Waals surface area (Å²) in [5.74, 6) is 0.117. The van der Waals surface area contributed by atoms with E-state index in [1.165, 1.54) is 0 Å². The van der Waals surface area contributed by atoms with Gasteiger partial charge in [-0.1, -0.05) is 15.9 Å². The quantitative estimate of drug-likeness (QED) is 0.506. The van der Waals surface area contributed by atoms with Gasteiger partial charge in [0.05, 0.1) is 12.4 Å². The van der Waals surface area contributed by atoms with Crippen LogP contribution in [0.2, 0.25) is 0 Å². The molecule has 0 amide bonds. The van der Waals surface area contributed by atoms with Gasteiger partial charge in [-0.3, -0.25) is 0 Å². The minimum absolute atomic E-state index is 0.117. The number of hydrogen-bond donors (Lipinski definition) is 0. The Labute approximate surface area is 113 Å². The first-order valence-corrected chi connectivity index (χ1v) is 8.98. The van der Waals surface area contributed by atoms with Gasteiger partial charge in [-0.05, 0) is 32.6 Å². The standard InChI is InChI=1S/C11H22BrNO3S/c1-2-16-9-10-17(14,15)13-8-4-6-11(13)5-3-7-12/h11H,2-10H2,1H3. The molecule has 4 nitrogen and oxygen atoms in total. The number of halogens is 1. The summed E-state index contributed by atoms with van der Waals surface area (Å²) in [6.07, 6.45) is 3.98. The van der Waals surface area contributed by atoms with Gasteiger partial charge in [0.15, 0.2) is 0 Å². The largest absolute Gasteiger partial charge is 0.381 e. The van der Waals surface area contributed by atoms with Gasteiger partial charge in [-0.25, -0.2) is 8.42 Å². The molecule has 1 rings (SSSR count). The molecule has 1 heterocycles. The average Bonchev–Trinajstić information content (AvgIpc) is 2.75. The molecule has 1 atom stereocenters. The summed E-state index contributed by atoms with van der Waals surface area (Å²) in [6, 6.07) is 0.208. The molecule has 0 aromatic rings. The lowest BCUT2D eigenvalue weighted by molar-refractivity contribution is 0.162. The maximum atomic E-state index is 12.1. The molecule has 1 saturated heterocycles. The molecule has 0 aromatic heterocycles. The van der Waals surface area contributed by atoms with E-state index in [9.17, 15) is 8.42 Å². The molecule has 102 valence electrons. The van der Waals surface area contributed by atoms with Crippen LogP contribution in [0.5, 0.6) is 0 Å². The number of ether oxygens (including phenoxy) is 1. The fourth-order valence-corrected chi connectivity index (χ4v) is 4.16. The smallest absolute Gasteiger partial charge is 0.216 e. The van der Waals surface area contributed by atoms with E-state index in [-0.39, 0.29) is 11.8 Å². The third-order valence-corrected chi connectivity index (χ3v) is 5.48. The van der Waals surface area contributed by atoms with Crippen molar-refractivity contribution in [3.63, 3.8) is 0 Å². The van der Waals surface area contributed by atoms with Gasteiger partial charge < -0.3 is 4.74 Å². The van der Waals surface area contributed by atoms with Crippen LogP contribution < -0.4 is 0 Å². The number of hydrogen-bond acceptors (Lipinski definition) is 3. The Kier molecular flexibility index (Phi) is 6.99. The molecule has 0 saturated carbocycles. The highest BCUT2D eigenvalue weighted by atomic mass is 79.9. The van der Waals surface area contributed by atoms with E-state index < -0.39 is 10.0 Å². The number of alkyl halides is 1. The molecule has 1 aliphatic heterocycles. The molecule has 17 heavy (non-hydrogen) atoms. The molecule has 6 heteroatoms. The van der Waals surface area contributed by atoms with Crippen LogP contribution in [-0.4, -0.2) is 49.6 Å². The van der Waals surface area contributed by atoms with Crippen molar-refractivity contribution in [2.75, 3.05) is 30.8 Å². The highest BCUT2D eigenvalue weighted by molar-refractivity contribution is 9.09. The SMILES string of the molecule is CCOCCS(=O)(=O)N1CCCC1CCCBr. The van der Waals surface area contributed by atoms with Crippen molar-refractivity contribution in [2.45, 2.75) is 38.6 Å². The van der Waals surface area contributed by atoms with E-state index in [1.54, 1.807) is 4.31 Å². The van der Waals surface area contributed by atoms with Crippen molar-refractivity contribution >= 4 is 26.0 Å². The third-order valence-electron chi connectivity index (χ3n) is 3.04. The Hall–Kier alpha value is 0.350. The lowest BCUT2D eigenvalue weighted by Crippen LogP contribution is -2.38. The monoisotopic (exact) mass is 327 g/mol. The van der Waals surface area contributed by atoms with Gasteiger partial charge in [-0.2, -0.15) is 4.31 Å². The van der Waals surface area contributed by atoms with Crippen molar-refractivity contribution in [1.29, 1.82) is 0 Å². The molecule has 1 unspecified atom stereocenters. The van der Waals surface area contributed by atoms with E-state index >= 15 is 0 Å². The molecule has 0 aromatic carbocycles. The van der Waals surface area contributed by atoms with E-state index in [0.29, 0.717) is 19.8 Å². The summed E-state index contributed by atoms with van der Waals surface area (Å²) in [5, 5.41) is 0.941. The Morgan fingerprint density at radius 1 is 1.47 bits per heavy atom. The molecule has 0 spiro atoms. The summed E-state index contributed by atoms with van der Waals surface area (Å²) >= 11 is 3.39. The first-order valence-electron chi connectivity index (χ1n) is 6.25. The molecule has 0 bridgehead atoms. The van der Waals surface area contributed by atoms with Crippen molar-refractivity contribution in [3.8, 4) is 0 Å². The van der Waals surface area contributed by atoms with E-state index in [4.69, 9.17) is 4.74 Å². The van der Waals surface area contributed by atoms with Crippen LogP contribution >= 0.6 is 15.9 Å². The van der Waals surface area contributed by atoms with Gasteiger partial charge >= 0.3 is 0 Å². The normalized spacial score (nSPS) is 22.1. The number of rotatable bonds is 8. The fourth-order valence-electron chi connectivity index (χ4n) is 2.20. The summed E-state index contributed by atoms with van der Waals surface area (Å²) in [4.78, 5) is 0. The number of sulfonamides is 1. The first-order chi connectivity index (χ1) is 8.11. The van der Waals surface area contributed by atoms with E-state index in [2.05, 4.69) is 15.9 Å². The molecule has 1 fully saturated rings. The third kappa shape index (κ3) is 4.85. The van der Waals surface area contributed by atoms with Gasteiger partial charge in [0.25, 0.3) is 0 Å². The second-order valence-corrected chi connectivity index (χ2v) is 7.09. The predicted molar refractivity (Wildman–Crippen MR) is 73.0 cm³/mol. The summed E-state index contributed by atoms with van der Waals surface area (Å²) in [5.41, 5.74) is 0.